The molecule has 0 aliphatic rings. The molecule has 59 heavy (non-hydrogen) atoms. The standard InChI is InChI=1S/C49H66O8P2/c1-15-24-35(8)44(34(6)7)55-59(51,57-47-40(13)29-22-30-41(47)14)48(16-2,17-3)52-42-31-23-32-43(33-42)54-58(50,56-46-38(11)27-21-28-39(46)12)49(18-4,19-5)53-45-36(9)25-20-26-37(45)10/h20-33H,15-19H2,1-14H3/b35-24-. The highest BCUT2D eigenvalue weighted by atomic mass is 31.2. The molecule has 8 nitrogen and oxygen atoms in total. The van der Waals surface area contributed by atoms with E-state index in [1.807, 2.05) is 158 Å². The van der Waals surface area contributed by atoms with Crippen LogP contribution in [-0.2, 0) is 13.7 Å². The van der Waals surface area contributed by atoms with Crippen LogP contribution in [0, 0.1) is 41.5 Å². The van der Waals surface area contributed by atoms with Gasteiger partial charge in [0.1, 0.15) is 34.5 Å². The first kappa shape index (κ1) is 47.3. The third-order valence-corrected chi connectivity index (χ3v) is 16.2. The minimum Gasteiger partial charge on any atom is -0.472 e. The topological polar surface area (TPSA) is 89.5 Å². The van der Waals surface area contributed by atoms with Crippen molar-refractivity contribution in [2.75, 3.05) is 0 Å². The van der Waals surface area contributed by atoms with Gasteiger partial charge in [-0.1, -0.05) is 101 Å². The predicted octanol–water partition coefficient (Wildman–Crippen LogP) is 15.6. The molecule has 0 aliphatic carbocycles. The second-order valence-corrected chi connectivity index (χ2v) is 20.0. The monoisotopic (exact) mass is 844 g/mol. The average molecular weight is 845 g/mol. The maximum Gasteiger partial charge on any atom is 0.474 e. The van der Waals surface area contributed by atoms with E-state index in [2.05, 4.69) is 0 Å². The van der Waals surface area contributed by atoms with E-state index in [0.29, 0.717) is 41.6 Å². The fraction of sp³-hybridized carbons (Fsp3) is 0.429. The lowest BCUT2D eigenvalue weighted by molar-refractivity contribution is 0.105. The number of para-hydroxylation sites is 3. The molecule has 10 heteroatoms. The Morgan fingerprint density at radius 2 is 0.915 bits per heavy atom. The van der Waals surface area contributed by atoms with Crippen molar-refractivity contribution in [3.05, 3.63) is 135 Å². The van der Waals surface area contributed by atoms with Crippen LogP contribution in [0.25, 0.3) is 0 Å². The average Bonchev–Trinajstić information content (AvgIpc) is 3.19. The van der Waals surface area contributed by atoms with Gasteiger partial charge in [0.2, 0.25) is 10.7 Å². The molecule has 0 N–H and O–H groups in total. The fourth-order valence-electron chi connectivity index (χ4n) is 7.35. The van der Waals surface area contributed by atoms with Crippen molar-refractivity contribution < 1.29 is 36.7 Å². The largest absolute Gasteiger partial charge is 0.474 e. The Balaban J connectivity index is 1.90. The minimum absolute atomic E-state index is 0.229. The Morgan fingerprint density at radius 3 is 1.34 bits per heavy atom. The minimum atomic E-state index is -4.28. The summed E-state index contributed by atoms with van der Waals surface area (Å²) in [7, 11) is -8.53. The summed E-state index contributed by atoms with van der Waals surface area (Å²) in [5.74, 6) is 2.65. The van der Waals surface area contributed by atoms with Crippen molar-refractivity contribution in [2.45, 2.75) is 140 Å². The SMILES string of the molecule is CC/C=C(/C)C(OP(=O)(Oc1c(C)cccc1C)C(CC)(CC)Oc1cccc(OP(=O)(Oc2c(C)cccc2C)C(CC)(CC)Oc2c(C)cccc2C)c1)=C(C)C. The molecule has 0 aromatic heterocycles. The Labute approximate surface area is 354 Å². The maximum atomic E-state index is 15.9. The summed E-state index contributed by atoms with van der Waals surface area (Å²) in [6, 6.07) is 24.4. The van der Waals surface area contributed by atoms with E-state index in [4.69, 9.17) is 27.6 Å². The van der Waals surface area contributed by atoms with Gasteiger partial charge in [-0.25, -0.2) is 9.13 Å². The molecule has 4 aromatic rings. The van der Waals surface area contributed by atoms with Crippen LogP contribution < -0.4 is 23.0 Å². The summed E-state index contributed by atoms with van der Waals surface area (Å²) in [4.78, 5) is 0. The number of aryl methyl sites for hydroxylation is 6. The van der Waals surface area contributed by atoms with Crippen molar-refractivity contribution in [1.82, 2.24) is 0 Å². The molecule has 0 bridgehead atoms. The molecule has 0 radical (unpaired) electrons. The number of rotatable bonds is 20. The molecule has 2 unspecified atom stereocenters. The Hall–Kier alpha value is -4.38. The van der Waals surface area contributed by atoms with Crippen LogP contribution >= 0.6 is 15.2 Å². The van der Waals surface area contributed by atoms with Crippen molar-refractivity contribution in [1.29, 1.82) is 0 Å². The van der Waals surface area contributed by atoms with Crippen molar-refractivity contribution in [3.63, 3.8) is 0 Å². The first-order chi connectivity index (χ1) is 27.9. The van der Waals surface area contributed by atoms with Gasteiger partial charge in [0, 0.05) is 6.07 Å². The summed E-state index contributed by atoms with van der Waals surface area (Å²) < 4.78 is 72.3. The molecule has 4 rings (SSSR count). The number of allylic oxidation sites excluding steroid dienone is 3. The number of hydrogen-bond acceptors (Lipinski definition) is 8. The number of hydrogen-bond donors (Lipinski definition) is 0. The van der Waals surface area contributed by atoms with E-state index in [0.717, 1.165) is 50.9 Å². The lowest BCUT2D eigenvalue weighted by Gasteiger charge is -2.39. The van der Waals surface area contributed by atoms with Gasteiger partial charge in [0.05, 0.1) is 0 Å². The highest BCUT2D eigenvalue weighted by Gasteiger charge is 2.57. The van der Waals surface area contributed by atoms with Gasteiger partial charge in [-0.2, -0.15) is 0 Å². The zero-order valence-electron chi connectivity index (χ0n) is 37.8. The van der Waals surface area contributed by atoms with E-state index >= 15 is 9.13 Å². The van der Waals surface area contributed by atoms with E-state index in [9.17, 15) is 0 Å². The van der Waals surface area contributed by atoms with Gasteiger partial charge in [-0.15, -0.1) is 0 Å². The smallest absolute Gasteiger partial charge is 0.472 e. The molecule has 0 aliphatic heterocycles. The third-order valence-electron chi connectivity index (χ3n) is 11.0. The van der Waals surface area contributed by atoms with Crippen LogP contribution in [-0.4, -0.2) is 10.7 Å². The van der Waals surface area contributed by atoms with Crippen LogP contribution in [0.15, 0.2) is 102 Å². The number of ether oxygens (including phenoxy) is 2. The van der Waals surface area contributed by atoms with Gasteiger partial charge in [0.25, 0.3) is 0 Å². The molecule has 4 aromatic carbocycles. The Bertz CT molecular complexity index is 2180. The first-order valence-corrected chi connectivity index (χ1v) is 24.0. The molecular weight excluding hydrogens is 778 g/mol. The van der Waals surface area contributed by atoms with Crippen molar-refractivity contribution >= 4 is 15.2 Å². The normalized spacial score (nSPS) is 14.1. The van der Waals surface area contributed by atoms with Gasteiger partial charge >= 0.3 is 15.2 Å². The third kappa shape index (κ3) is 10.2. The highest BCUT2D eigenvalue weighted by molar-refractivity contribution is 7.56. The summed E-state index contributed by atoms with van der Waals surface area (Å²) in [6.07, 6.45) is 4.00. The molecule has 0 amide bonds. The highest BCUT2D eigenvalue weighted by Crippen LogP contribution is 2.66. The molecule has 2 atom stereocenters. The van der Waals surface area contributed by atoms with E-state index in [1.165, 1.54) is 0 Å². The summed E-state index contributed by atoms with van der Waals surface area (Å²) in [6.45, 7) is 27.2. The lowest BCUT2D eigenvalue weighted by Crippen LogP contribution is -2.39. The zero-order chi connectivity index (χ0) is 43.8. The molecular formula is C49H66O8P2. The van der Waals surface area contributed by atoms with Crippen LogP contribution in [0.4, 0.5) is 0 Å². The zero-order valence-corrected chi connectivity index (χ0v) is 39.6. The molecule has 0 fully saturated rings. The predicted molar refractivity (Wildman–Crippen MR) is 243 cm³/mol. The van der Waals surface area contributed by atoms with E-state index in [1.54, 1.807) is 24.3 Å². The quantitative estimate of drug-likeness (QED) is 0.0494. The number of benzene rings is 4. The van der Waals surface area contributed by atoms with Crippen LogP contribution in [0.3, 0.4) is 0 Å². The second-order valence-electron chi connectivity index (χ2n) is 15.6. The van der Waals surface area contributed by atoms with Gasteiger partial charge in [-0.05, 0) is 151 Å². The second kappa shape index (κ2) is 19.8. The molecule has 0 saturated heterocycles. The molecule has 0 spiro atoms. The molecule has 320 valence electrons. The first-order valence-electron chi connectivity index (χ1n) is 20.9. The maximum absolute atomic E-state index is 15.9. The van der Waals surface area contributed by atoms with E-state index in [-0.39, 0.29) is 18.6 Å². The fourth-order valence-corrected chi connectivity index (χ4v) is 12.1. The summed E-state index contributed by atoms with van der Waals surface area (Å²) in [5, 5.41) is -2.85. The molecule has 0 heterocycles. The van der Waals surface area contributed by atoms with Gasteiger partial charge < -0.3 is 27.6 Å². The van der Waals surface area contributed by atoms with Gasteiger partial charge in [-0.3, -0.25) is 0 Å². The van der Waals surface area contributed by atoms with Crippen molar-refractivity contribution in [3.8, 4) is 28.7 Å². The summed E-state index contributed by atoms with van der Waals surface area (Å²) in [5.41, 5.74) is 6.80. The Morgan fingerprint density at radius 1 is 0.525 bits per heavy atom. The van der Waals surface area contributed by atoms with E-state index < -0.39 is 25.9 Å². The lowest BCUT2D eigenvalue weighted by atomic mass is 10.1. The summed E-state index contributed by atoms with van der Waals surface area (Å²) >= 11 is 0. The van der Waals surface area contributed by atoms with Crippen LogP contribution in [0.2, 0.25) is 0 Å². The van der Waals surface area contributed by atoms with Crippen molar-refractivity contribution in [2.24, 2.45) is 0 Å². The van der Waals surface area contributed by atoms with Crippen LogP contribution in [0.5, 0.6) is 28.7 Å². The van der Waals surface area contributed by atoms with Gasteiger partial charge in [0.15, 0.2) is 0 Å². The molecule has 0 saturated carbocycles. The Kier molecular flexibility index (Phi) is 15.9. The van der Waals surface area contributed by atoms with Crippen LogP contribution in [0.1, 0.15) is 121 Å².